The summed E-state index contributed by atoms with van der Waals surface area (Å²) >= 11 is 0. The normalized spacial score (nSPS) is 18.8. The summed E-state index contributed by atoms with van der Waals surface area (Å²) in [4.78, 5) is 8.80. The Morgan fingerprint density at radius 1 is 1.23 bits per heavy atom. The fraction of sp³-hybridized carbons (Fsp3) is 0.444. The van der Waals surface area contributed by atoms with Crippen LogP contribution in [0.25, 0.3) is 0 Å². The van der Waals surface area contributed by atoms with E-state index in [0.717, 1.165) is 18.4 Å². The number of hydrogen-bond acceptors (Lipinski definition) is 5. The summed E-state index contributed by atoms with van der Waals surface area (Å²) in [6.07, 6.45) is 4.84. The highest BCUT2D eigenvalue weighted by Crippen LogP contribution is 2.33. The summed E-state index contributed by atoms with van der Waals surface area (Å²) in [7, 11) is -0.342. The van der Waals surface area contributed by atoms with Crippen molar-refractivity contribution in [2.45, 2.75) is 25.7 Å². The quantitative estimate of drug-likeness (QED) is 0.802. The number of piperidine rings is 1. The lowest BCUT2D eigenvalue weighted by Crippen LogP contribution is -2.45. The Morgan fingerprint density at radius 2 is 2.00 bits per heavy atom. The van der Waals surface area contributed by atoms with E-state index in [2.05, 4.69) is 9.97 Å². The summed E-state index contributed by atoms with van der Waals surface area (Å²) in [6, 6.07) is 7.72. The molecule has 1 atom stereocenters. The molecule has 0 aliphatic carbocycles. The molecule has 2 aromatic rings. The second kappa shape index (κ2) is 7.69. The van der Waals surface area contributed by atoms with Gasteiger partial charge < -0.3 is 4.74 Å². The standard InChI is InChI=1S/C18H24N4O3S/c1-14-6-4-8-16(12-14)25-18-17(19-9-10-20-18)15-7-5-11-22(13-15)26(23,24)21(2)3/h4,6,8-10,12,15H,5,7,11,13H2,1-3H3. The van der Waals surface area contributed by atoms with E-state index < -0.39 is 10.2 Å². The lowest BCUT2D eigenvalue weighted by Gasteiger charge is -2.33. The number of ether oxygens (including phenoxy) is 1. The van der Waals surface area contributed by atoms with Crippen LogP contribution < -0.4 is 4.74 Å². The number of aryl methyl sites for hydroxylation is 1. The first-order valence-electron chi connectivity index (χ1n) is 8.61. The van der Waals surface area contributed by atoms with Crippen LogP contribution in [0.5, 0.6) is 11.6 Å². The zero-order chi connectivity index (χ0) is 18.7. The monoisotopic (exact) mass is 376 g/mol. The third-order valence-electron chi connectivity index (χ3n) is 4.45. The Balaban J connectivity index is 1.85. The zero-order valence-electron chi connectivity index (χ0n) is 15.3. The molecule has 2 heterocycles. The molecule has 1 aliphatic rings. The van der Waals surface area contributed by atoms with Gasteiger partial charge in [0.05, 0.1) is 0 Å². The van der Waals surface area contributed by atoms with E-state index in [4.69, 9.17) is 4.74 Å². The van der Waals surface area contributed by atoms with E-state index in [1.165, 1.54) is 8.61 Å². The minimum atomic E-state index is -3.44. The molecule has 1 unspecified atom stereocenters. The van der Waals surface area contributed by atoms with Crippen LogP contribution in [0.1, 0.15) is 30.0 Å². The fourth-order valence-corrected chi connectivity index (χ4v) is 4.28. The van der Waals surface area contributed by atoms with Gasteiger partial charge in [-0.2, -0.15) is 17.0 Å². The second-order valence-electron chi connectivity index (χ2n) is 6.65. The van der Waals surface area contributed by atoms with Gasteiger partial charge in [-0.05, 0) is 37.5 Å². The predicted octanol–water partition coefficient (Wildman–Crippen LogP) is 2.56. The van der Waals surface area contributed by atoms with Crippen LogP contribution in [0.15, 0.2) is 36.7 Å². The summed E-state index contributed by atoms with van der Waals surface area (Å²) in [5, 5.41) is 0. The van der Waals surface area contributed by atoms with Gasteiger partial charge in [0.1, 0.15) is 11.4 Å². The molecule has 0 radical (unpaired) electrons. The van der Waals surface area contributed by atoms with Gasteiger partial charge in [-0.25, -0.2) is 4.98 Å². The number of aromatic nitrogens is 2. The van der Waals surface area contributed by atoms with Crippen molar-refractivity contribution >= 4 is 10.2 Å². The predicted molar refractivity (Wildman–Crippen MR) is 99.4 cm³/mol. The highest BCUT2D eigenvalue weighted by molar-refractivity contribution is 7.86. The van der Waals surface area contributed by atoms with E-state index in [1.54, 1.807) is 26.5 Å². The first kappa shape index (κ1) is 18.8. The molecule has 1 aromatic carbocycles. The van der Waals surface area contributed by atoms with Gasteiger partial charge in [-0.3, -0.25) is 4.98 Å². The SMILES string of the molecule is Cc1cccc(Oc2nccnc2C2CCCN(S(=O)(=O)N(C)C)C2)c1. The largest absolute Gasteiger partial charge is 0.437 e. The molecule has 0 spiro atoms. The molecule has 8 heteroatoms. The van der Waals surface area contributed by atoms with Crippen LogP contribution in [0.4, 0.5) is 0 Å². The lowest BCUT2D eigenvalue weighted by atomic mass is 9.96. The second-order valence-corrected chi connectivity index (χ2v) is 8.79. The third kappa shape index (κ3) is 4.03. The first-order valence-corrected chi connectivity index (χ1v) is 10.0. The molecule has 1 aliphatic heterocycles. The molecule has 3 rings (SSSR count). The van der Waals surface area contributed by atoms with Gasteiger partial charge in [0.15, 0.2) is 0 Å². The van der Waals surface area contributed by atoms with Gasteiger partial charge in [0.25, 0.3) is 10.2 Å². The summed E-state index contributed by atoms with van der Waals surface area (Å²) in [5.41, 5.74) is 1.79. The van der Waals surface area contributed by atoms with Crippen molar-refractivity contribution in [1.82, 2.24) is 18.6 Å². The van der Waals surface area contributed by atoms with E-state index in [-0.39, 0.29) is 5.92 Å². The molecule has 26 heavy (non-hydrogen) atoms. The van der Waals surface area contributed by atoms with Gasteiger partial charge in [-0.15, -0.1) is 0 Å². The van der Waals surface area contributed by atoms with Crippen LogP contribution in [0.3, 0.4) is 0 Å². The summed E-state index contributed by atoms with van der Waals surface area (Å²) in [6.45, 7) is 2.89. The van der Waals surface area contributed by atoms with Crippen LogP contribution in [-0.2, 0) is 10.2 Å². The Morgan fingerprint density at radius 3 is 2.73 bits per heavy atom. The molecule has 140 valence electrons. The molecule has 0 saturated carbocycles. The smallest absolute Gasteiger partial charge is 0.281 e. The Bertz CT molecular complexity index is 870. The highest BCUT2D eigenvalue weighted by Gasteiger charge is 2.33. The van der Waals surface area contributed by atoms with E-state index in [1.807, 2.05) is 31.2 Å². The number of nitrogens with zero attached hydrogens (tertiary/aromatic N) is 4. The van der Waals surface area contributed by atoms with E-state index >= 15 is 0 Å². The van der Waals surface area contributed by atoms with Crippen LogP contribution in [0, 0.1) is 6.92 Å². The van der Waals surface area contributed by atoms with Crippen LogP contribution >= 0.6 is 0 Å². The van der Waals surface area contributed by atoms with E-state index in [9.17, 15) is 8.42 Å². The number of rotatable bonds is 5. The Labute approximate surface area is 154 Å². The van der Waals surface area contributed by atoms with Crippen molar-refractivity contribution in [2.24, 2.45) is 0 Å². The Kier molecular flexibility index (Phi) is 5.55. The van der Waals surface area contributed by atoms with Crippen molar-refractivity contribution in [2.75, 3.05) is 27.2 Å². The van der Waals surface area contributed by atoms with Crippen molar-refractivity contribution in [3.63, 3.8) is 0 Å². The molecule has 1 aromatic heterocycles. The molecule has 0 amide bonds. The molecule has 0 bridgehead atoms. The zero-order valence-corrected chi connectivity index (χ0v) is 16.1. The highest BCUT2D eigenvalue weighted by atomic mass is 32.2. The summed E-state index contributed by atoms with van der Waals surface area (Å²) in [5.74, 6) is 1.08. The van der Waals surface area contributed by atoms with Crippen LogP contribution in [-0.4, -0.2) is 54.2 Å². The molecular weight excluding hydrogens is 352 g/mol. The van der Waals surface area contributed by atoms with E-state index in [0.29, 0.717) is 30.4 Å². The Hall–Kier alpha value is -2.03. The minimum Gasteiger partial charge on any atom is -0.437 e. The van der Waals surface area contributed by atoms with Crippen molar-refractivity contribution in [3.05, 3.63) is 47.9 Å². The summed E-state index contributed by atoms with van der Waals surface area (Å²) < 4.78 is 33.6. The lowest BCUT2D eigenvalue weighted by molar-refractivity contribution is 0.291. The molecule has 0 N–H and O–H groups in total. The van der Waals surface area contributed by atoms with Gasteiger partial charge in [-0.1, -0.05) is 12.1 Å². The molecule has 1 saturated heterocycles. The van der Waals surface area contributed by atoms with Gasteiger partial charge in [0, 0.05) is 45.5 Å². The third-order valence-corrected chi connectivity index (χ3v) is 6.36. The van der Waals surface area contributed by atoms with Crippen LogP contribution in [0.2, 0.25) is 0 Å². The molecule has 7 nitrogen and oxygen atoms in total. The average molecular weight is 376 g/mol. The average Bonchev–Trinajstić information content (AvgIpc) is 2.62. The minimum absolute atomic E-state index is 0.0491. The molecule has 1 fully saturated rings. The maximum atomic E-state index is 12.5. The van der Waals surface area contributed by atoms with Gasteiger partial charge in [0.2, 0.25) is 5.88 Å². The maximum Gasteiger partial charge on any atom is 0.281 e. The fourth-order valence-electron chi connectivity index (χ4n) is 3.09. The van der Waals surface area contributed by atoms with Gasteiger partial charge >= 0.3 is 0 Å². The number of hydrogen-bond donors (Lipinski definition) is 0. The maximum absolute atomic E-state index is 12.5. The molecular formula is C18H24N4O3S. The van der Waals surface area contributed by atoms with Crippen molar-refractivity contribution in [1.29, 1.82) is 0 Å². The van der Waals surface area contributed by atoms with Crippen molar-refractivity contribution < 1.29 is 13.2 Å². The topological polar surface area (TPSA) is 75.6 Å². The number of benzene rings is 1. The van der Waals surface area contributed by atoms with Crippen molar-refractivity contribution in [3.8, 4) is 11.6 Å². The first-order chi connectivity index (χ1) is 12.4.